The van der Waals surface area contributed by atoms with E-state index in [1.165, 1.54) is 19.3 Å². The zero-order valence-electron chi connectivity index (χ0n) is 16.2. The van der Waals surface area contributed by atoms with E-state index in [0.29, 0.717) is 19.7 Å². The molecule has 148 valence electrons. The van der Waals surface area contributed by atoms with Crippen LogP contribution in [0.4, 0.5) is 0 Å². The highest BCUT2D eigenvalue weighted by atomic mass is 16.5. The SMILES string of the molecule is CCOc1ccc(CN2CCNC(=O)C2CC(=O)NC2CCCCC2)cc1. The van der Waals surface area contributed by atoms with Crippen molar-refractivity contribution in [2.75, 3.05) is 19.7 Å². The molecule has 0 aromatic heterocycles. The fourth-order valence-electron chi connectivity index (χ4n) is 3.97. The lowest BCUT2D eigenvalue weighted by atomic mass is 9.95. The predicted octanol–water partition coefficient (Wildman–Crippen LogP) is 2.22. The summed E-state index contributed by atoms with van der Waals surface area (Å²) in [5.74, 6) is 0.785. The number of hydrogen-bond donors (Lipinski definition) is 2. The summed E-state index contributed by atoms with van der Waals surface area (Å²) in [7, 11) is 0. The number of amides is 2. The van der Waals surface area contributed by atoms with Crippen LogP contribution in [-0.4, -0.2) is 48.5 Å². The molecule has 1 atom stereocenters. The second-order valence-electron chi connectivity index (χ2n) is 7.46. The first-order chi connectivity index (χ1) is 13.2. The molecular weight excluding hydrogens is 342 g/mol. The summed E-state index contributed by atoms with van der Waals surface area (Å²) in [6.45, 7) is 4.63. The lowest BCUT2D eigenvalue weighted by Gasteiger charge is -2.35. The zero-order valence-corrected chi connectivity index (χ0v) is 16.2. The number of benzene rings is 1. The van der Waals surface area contributed by atoms with E-state index in [2.05, 4.69) is 15.5 Å². The molecule has 0 spiro atoms. The maximum atomic E-state index is 12.5. The second kappa shape index (κ2) is 9.74. The molecule has 27 heavy (non-hydrogen) atoms. The number of piperazine rings is 1. The maximum Gasteiger partial charge on any atom is 0.237 e. The van der Waals surface area contributed by atoms with Crippen molar-refractivity contribution in [2.24, 2.45) is 0 Å². The first kappa shape index (κ1) is 19.7. The Kier molecular flexibility index (Phi) is 7.10. The standard InChI is InChI=1S/C21H31N3O3/c1-2-27-18-10-8-16(9-11-18)15-24-13-12-22-21(26)19(24)14-20(25)23-17-6-4-3-5-7-17/h8-11,17,19H,2-7,12-15H2,1H3,(H,22,26)(H,23,25). The van der Waals surface area contributed by atoms with Gasteiger partial charge < -0.3 is 15.4 Å². The van der Waals surface area contributed by atoms with Crippen LogP contribution in [0, 0.1) is 0 Å². The van der Waals surface area contributed by atoms with Gasteiger partial charge in [0.05, 0.1) is 19.1 Å². The molecule has 3 rings (SSSR count). The molecule has 1 aromatic carbocycles. The van der Waals surface area contributed by atoms with Crippen molar-refractivity contribution in [1.82, 2.24) is 15.5 Å². The molecular formula is C21H31N3O3. The summed E-state index contributed by atoms with van der Waals surface area (Å²) < 4.78 is 5.48. The van der Waals surface area contributed by atoms with E-state index in [1.54, 1.807) is 0 Å². The monoisotopic (exact) mass is 373 g/mol. The maximum absolute atomic E-state index is 12.5. The quantitative estimate of drug-likeness (QED) is 0.769. The van der Waals surface area contributed by atoms with Crippen LogP contribution >= 0.6 is 0 Å². The smallest absolute Gasteiger partial charge is 0.237 e. The molecule has 1 aliphatic carbocycles. The van der Waals surface area contributed by atoms with E-state index in [-0.39, 0.29) is 24.3 Å². The van der Waals surface area contributed by atoms with E-state index in [1.807, 2.05) is 31.2 Å². The van der Waals surface area contributed by atoms with Crippen LogP contribution in [0.2, 0.25) is 0 Å². The minimum atomic E-state index is -0.408. The Bertz CT molecular complexity index is 626. The summed E-state index contributed by atoms with van der Waals surface area (Å²) in [4.78, 5) is 27.0. The summed E-state index contributed by atoms with van der Waals surface area (Å²) in [5, 5.41) is 6.03. The molecule has 1 aliphatic heterocycles. The number of rotatable bonds is 7. The van der Waals surface area contributed by atoms with Gasteiger partial charge in [-0.1, -0.05) is 31.4 Å². The van der Waals surface area contributed by atoms with Crippen LogP contribution in [0.5, 0.6) is 5.75 Å². The largest absolute Gasteiger partial charge is 0.494 e. The molecule has 0 radical (unpaired) electrons. The first-order valence-electron chi connectivity index (χ1n) is 10.2. The minimum absolute atomic E-state index is 0.0133. The molecule has 1 saturated heterocycles. The van der Waals surface area contributed by atoms with Gasteiger partial charge in [-0.2, -0.15) is 0 Å². The summed E-state index contributed by atoms with van der Waals surface area (Å²) in [5.41, 5.74) is 1.12. The number of nitrogens with one attached hydrogen (secondary N) is 2. The van der Waals surface area contributed by atoms with Gasteiger partial charge in [-0.05, 0) is 37.5 Å². The van der Waals surface area contributed by atoms with Gasteiger partial charge in [-0.3, -0.25) is 14.5 Å². The van der Waals surface area contributed by atoms with Gasteiger partial charge in [-0.25, -0.2) is 0 Å². The van der Waals surface area contributed by atoms with Gasteiger partial charge in [0, 0.05) is 25.7 Å². The third kappa shape index (κ3) is 5.70. The van der Waals surface area contributed by atoms with Crippen molar-refractivity contribution in [3.8, 4) is 5.75 Å². The van der Waals surface area contributed by atoms with E-state index >= 15 is 0 Å². The van der Waals surface area contributed by atoms with Crippen molar-refractivity contribution >= 4 is 11.8 Å². The zero-order chi connectivity index (χ0) is 19.1. The van der Waals surface area contributed by atoms with Crippen molar-refractivity contribution in [2.45, 2.75) is 64.1 Å². The lowest BCUT2D eigenvalue weighted by molar-refractivity contribution is -0.134. The van der Waals surface area contributed by atoms with Gasteiger partial charge in [-0.15, -0.1) is 0 Å². The minimum Gasteiger partial charge on any atom is -0.494 e. The number of carbonyl (C=O) groups excluding carboxylic acids is 2. The number of ether oxygens (including phenoxy) is 1. The van der Waals surface area contributed by atoms with E-state index in [9.17, 15) is 9.59 Å². The molecule has 6 nitrogen and oxygen atoms in total. The molecule has 2 N–H and O–H groups in total. The second-order valence-corrected chi connectivity index (χ2v) is 7.46. The summed E-state index contributed by atoms with van der Waals surface area (Å²) in [6, 6.07) is 7.82. The van der Waals surface area contributed by atoms with Gasteiger partial charge in [0.2, 0.25) is 11.8 Å². The molecule has 2 amide bonds. The molecule has 1 unspecified atom stereocenters. The Balaban J connectivity index is 1.58. The Hall–Kier alpha value is -2.08. The van der Waals surface area contributed by atoms with Gasteiger partial charge in [0.25, 0.3) is 0 Å². The average molecular weight is 373 g/mol. The fraction of sp³-hybridized carbons (Fsp3) is 0.619. The Morgan fingerprint density at radius 1 is 1.22 bits per heavy atom. The van der Waals surface area contributed by atoms with Crippen molar-refractivity contribution < 1.29 is 14.3 Å². The third-order valence-corrected chi connectivity index (χ3v) is 5.41. The topological polar surface area (TPSA) is 70.7 Å². The molecule has 1 heterocycles. The van der Waals surface area contributed by atoms with E-state index in [4.69, 9.17) is 4.74 Å². The Morgan fingerprint density at radius 3 is 2.67 bits per heavy atom. The molecule has 1 saturated carbocycles. The van der Waals surface area contributed by atoms with E-state index in [0.717, 1.165) is 30.7 Å². The predicted molar refractivity (Wildman–Crippen MR) is 104 cm³/mol. The van der Waals surface area contributed by atoms with Gasteiger partial charge in [0.15, 0.2) is 0 Å². The highest BCUT2D eigenvalue weighted by Gasteiger charge is 2.32. The van der Waals surface area contributed by atoms with Crippen LogP contribution in [0.3, 0.4) is 0 Å². The number of nitrogens with zero attached hydrogens (tertiary/aromatic N) is 1. The molecule has 0 bridgehead atoms. The highest BCUT2D eigenvalue weighted by Crippen LogP contribution is 2.19. The molecule has 2 aliphatic rings. The fourth-order valence-corrected chi connectivity index (χ4v) is 3.97. The summed E-state index contributed by atoms with van der Waals surface area (Å²) in [6.07, 6.45) is 5.95. The van der Waals surface area contributed by atoms with Gasteiger partial charge >= 0.3 is 0 Å². The average Bonchev–Trinajstić information content (AvgIpc) is 2.67. The molecule has 1 aromatic rings. The number of hydrogen-bond acceptors (Lipinski definition) is 4. The van der Waals surface area contributed by atoms with Crippen molar-refractivity contribution in [3.63, 3.8) is 0 Å². The van der Waals surface area contributed by atoms with Crippen LogP contribution in [0.15, 0.2) is 24.3 Å². The normalized spacial score (nSPS) is 21.5. The Labute approximate surface area is 161 Å². The van der Waals surface area contributed by atoms with Crippen molar-refractivity contribution in [1.29, 1.82) is 0 Å². The third-order valence-electron chi connectivity index (χ3n) is 5.41. The molecule has 2 fully saturated rings. The number of carbonyl (C=O) groups is 2. The Morgan fingerprint density at radius 2 is 1.96 bits per heavy atom. The van der Waals surface area contributed by atoms with Crippen LogP contribution in [0.25, 0.3) is 0 Å². The van der Waals surface area contributed by atoms with E-state index < -0.39 is 6.04 Å². The lowest BCUT2D eigenvalue weighted by Crippen LogP contribution is -2.56. The van der Waals surface area contributed by atoms with Crippen LogP contribution < -0.4 is 15.4 Å². The summed E-state index contributed by atoms with van der Waals surface area (Å²) >= 11 is 0. The van der Waals surface area contributed by atoms with Gasteiger partial charge in [0.1, 0.15) is 5.75 Å². The van der Waals surface area contributed by atoms with Crippen LogP contribution in [-0.2, 0) is 16.1 Å². The van der Waals surface area contributed by atoms with Crippen LogP contribution in [0.1, 0.15) is 51.0 Å². The first-order valence-corrected chi connectivity index (χ1v) is 10.2. The molecule has 6 heteroatoms. The van der Waals surface area contributed by atoms with Crippen molar-refractivity contribution in [3.05, 3.63) is 29.8 Å². The highest BCUT2D eigenvalue weighted by molar-refractivity contribution is 5.88.